The van der Waals surface area contributed by atoms with E-state index in [1.165, 1.54) is 12.8 Å². The highest BCUT2D eigenvalue weighted by Crippen LogP contribution is 2.27. The van der Waals surface area contributed by atoms with Crippen LogP contribution in [-0.4, -0.2) is 22.5 Å². The van der Waals surface area contributed by atoms with E-state index >= 15 is 0 Å². The predicted octanol–water partition coefficient (Wildman–Crippen LogP) is 1.53. The Kier molecular flexibility index (Phi) is 2.84. The maximum Gasteiger partial charge on any atom is 0.117 e. The minimum atomic E-state index is 0.559. The molecule has 1 aliphatic rings. The van der Waals surface area contributed by atoms with Crippen LogP contribution >= 0.6 is 12.2 Å². The standard InChI is InChI=1S/C10H14N2OS/c11-10(14)7-12(8-3-4-8)6-9-2-1-5-13-9/h1-2,5,8H,3-4,6-7H2,(H2,11,14). The Morgan fingerprint density at radius 3 is 2.93 bits per heavy atom. The highest BCUT2D eigenvalue weighted by molar-refractivity contribution is 7.80. The number of hydrogen-bond donors (Lipinski definition) is 1. The van der Waals surface area contributed by atoms with E-state index in [4.69, 9.17) is 22.4 Å². The van der Waals surface area contributed by atoms with Crippen LogP contribution in [0.5, 0.6) is 0 Å². The Bertz CT molecular complexity index is 306. The topological polar surface area (TPSA) is 42.4 Å². The second kappa shape index (κ2) is 4.11. The van der Waals surface area contributed by atoms with Gasteiger partial charge in [-0.1, -0.05) is 12.2 Å². The van der Waals surface area contributed by atoms with Gasteiger partial charge >= 0.3 is 0 Å². The maximum absolute atomic E-state index is 5.55. The summed E-state index contributed by atoms with van der Waals surface area (Å²) in [5, 5.41) is 0. The van der Waals surface area contributed by atoms with Crippen molar-refractivity contribution >= 4 is 17.2 Å². The van der Waals surface area contributed by atoms with Crippen molar-refractivity contribution in [2.24, 2.45) is 5.73 Å². The van der Waals surface area contributed by atoms with Crippen LogP contribution in [0.4, 0.5) is 0 Å². The third-order valence-corrected chi connectivity index (χ3v) is 2.49. The first-order valence-electron chi connectivity index (χ1n) is 4.80. The molecule has 1 aromatic heterocycles. The second-order valence-corrected chi connectivity index (χ2v) is 4.21. The summed E-state index contributed by atoms with van der Waals surface area (Å²) in [6.07, 6.45) is 4.20. The highest BCUT2D eigenvalue weighted by atomic mass is 32.1. The fraction of sp³-hybridized carbons (Fsp3) is 0.500. The van der Waals surface area contributed by atoms with Gasteiger partial charge in [0.25, 0.3) is 0 Å². The van der Waals surface area contributed by atoms with E-state index in [0.717, 1.165) is 12.3 Å². The average Bonchev–Trinajstić information content (AvgIpc) is 2.85. The van der Waals surface area contributed by atoms with Gasteiger partial charge in [-0.05, 0) is 25.0 Å². The van der Waals surface area contributed by atoms with Crippen LogP contribution in [0.1, 0.15) is 18.6 Å². The van der Waals surface area contributed by atoms with Gasteiger partial charge in [-0.25, -0.2) is 0 Å². The maximum atomic E-state index is 5.55. The lowest BCUT2D eigenvalue weighted by molar-refractivity contribution is 0.266. The molecule has 1 aliphatic carbocycles. The van der Waals surface area contributed by atoms with Crippen LogP contribution in [-0.2, 0) is 6.54 Å². The van der Waals surface area contributed by atoms with Crippen molar-refractivity contribution in [1.29, 1.82) is 0 Å². The van der Waals surface area contributed by atoms with Crippen molar-refractivity contribution in [2.75, 3.05) is 6.54 Å². The van der Waals surface area contributed by atoms with E-state index in [2.05, 4.69) is 4.90 Å². The fourth-order valence-electron chi connectivity index (χ4n) is 1.56. The van der Waals surface area contributed by atoms with Gasteiger partial charge in [0.2, 0.25) is 0 Å². The lowest BCUT2D eigenvalue weighted by atomic mass is 10.3. The number of furan rings is 1. The molecule has 3 nitrogen and oxygen atoms in total. The van der Waals surface area contributed by atoms with E-state index in [1.54, 1.807) is 6.26 Å². The van der Waals surface area contributed by atoms with Gasteiger partial charge in [-0.2, -0.15) is 0 Å². The van der Waals surface area contributed by atoms with E-state index in [0.29, 0.717) is 17.6 Å². The van der Waals surface area contributed by atoms with Crippen LogP contribution in [0.15, 0.2) is 22.8 Å². The summed E-state index contributed by atoms with van der Waals surface area (Å²) >= 11 is 4.92. The molecule has 0 radical (unpaired) electrons. The molecular weight excluding hydrogens is 196 g/mol. The van der Waals surface area contributed by atoms with Crippen molar-refractivity contribution in [3.05, 3.63) is 24.2 Å². The Hall–Kier alpha value is -0.870. The molecule has 0 aliphatic heterocycles. The van der Waals surface area contributed by atoms with Gasteiger partial charge < -0.3 is 10.2 Å². The first-order valence-corrected chi connectivity index (χ1v) is 5.21. The molecular formula is C10H14N2OS. The predicted molar refractivity (Wildman–Crippen MR) is 58.9 cm³/mol. The van der Waals surface area contributed by atoms with E-state index in [-0.39, 0.29) is 0 Å². The molecule has 0 saturated heterocycles. The summed E-state index contributed by atoms with van der Waals surface area (Å²) < 4.78 is 5.30. The van der Waals surface area contributed by atoms with Crippen LogP contribution in [0, 0.1) is 0 Å². The number of rotatable bonds is 5. The summed E-state index contributed by atoms with van der Waals surface area (Å²) in [5.41, 5.74) is 5.55. The van der Waals surface area contributed by atoms with Crippen molar-refractivity contribution in [1.82, 2.24) is 4.90 Å². The quantitative estimate of drug-likeness (QED) is 0.748. The number of nitrogens with two attached hydrogens (primary N) is 1. The Balaban J connectivity index is 1.93. The zero-order valence-corrected chi connectivity index (χ0v) is 8.80. The molecule has 0 aromatic carbocycles. The fourth-order valence-corrected chi connectivity index (χ4v) is 1.72. The lowest BCUT2D eigenvalue weighted by Crippen LogP contribution is -2.33. The van der Waals surface area contributed by atoms with E-state index in [9.17, 15) is 0 Å². The summed E-state index contributed by atoms with van der Waals surface area (Å²) in [7, 11) is 0. The monoisotopic (exact) mass is 210 g/mol. The zero-order valence-electron chi connectivity index (χ0n) is 7.98. The highest BCUT2D eigenvalue weighted by Gasteiger charge is 2.29. The van der Waals surface area contributed by atoms with Gasteiger partial charge in [-0.3, -0.25) is 4.90 Å². The van der Waals surface area contributed by atoms with Crippen molar-refractivity contribution in [3.8, 4) is 0 Å². The molecule has 0 spiro atoms. The third-order valence-electron chi connectivity index (χ3n) is 2.36. The van der Waals surface area contributed by atoms with Crippen molar-refractivity contribution in [3.63, 3.8) is 0 Å². The number of thiocarbonyl (C=S) groups is 1. The van der Waals surface area contributed by atoms with Crippen molar-refractivity contribution < 1.29 is 4.42 Å². The average molecular weight is 210 g/mol. The van der Waals surface area contributed by atoms with Gasteiger partial charge in [0.05, 0.1) is 17.8 Å². The number of hydrogen-bond acceptors (Lipinski definition) is 3. The van der Waals surface area contributed by atoms with Crippen LogP contribution in [0.3, 0.4) is 0 Å². The molecule has 0 atom stereocenters. The summed E-state index contributed by atoms with van der Waals surface area (Å²) in [6.45, 7) is 1.51. The summed E-state index contributed by atoms with van der Waals surface area (Å²) in [5.74, 6) is 0.980. The van der Waals surface area contributed by atoms with Gasteiger partial charge in [0.1, 0.15) is 5.76 Å². The minimum absolute atomic E-state index is 0.559. The molecule has 1 heterocycles. The van der Waals surface area contributed by atoms with Gasteiger partial charge in [-0.15, -0.1) is 0 Å². The molecule has 2 rings (SSSR count). The second-order valence-electron chi connectivity index (χ2n) is 3.68. The summed E-state index contributed by atoms with van der Waals surface area (Å²) in [4.78, 5) is 2.84. The van der Waals surface area contributed by atoms with E-state index < -0.39 is 0 Å². The first-order chi connectivity index (χ1) is 6.75. The summed E-state index contributed by atoms with van der Waals surface area (Å²) in [6, 6.07) is 4.54. The molecule has 1 fully saturated rings. The Labute approximate surface area is 88.9 Å². The molecule has 2 N–H and O–H groups in total. The molecule has 14 heavy (non-hydrogen) atoms. The van der Waals surface area contributed by atoms with Crippen molar-refractivity contribution in [2.45, 2.75) is 25.4 Å². The largest absolute Gasteiger partial charge is 0.468 e. The molecule has 0 unspecified atom stereocenters. The minimum Gasteiger partial charge on any atom is -0.468 e. The lowest BCUT2D eigenvalue weighted by Gasteiger charge is -2.19. The van der Waals surface area contributed by atoms with E-state index in [1.807, 2.05) is 12.1 Å². The van der Waals surface area contributed by atoms with Crippen LogP contribution < -0.4 is 5.73 Å². The molecule has 1 aromatic rings. The zero-order chi connectivity index (χ0) is 9.97. The van der Waals surface area contributed by atoms with Gasteiger partial charge in [0.15, 0.2) is 0 Å². The van der Waals surface area contributed by atoms with Gasteiger partial charge in [0, 0.05) is 12.6 Å². The Morgan fingerprint density at radius 2 is 2.43 bits per heavy atom. The SMILES string of the molecule is NC(=S)CN(Cc1ccco1)C1CC1. The molecule has 1 saturated carbocycles. The molecule has 4 heteroatoms. The Morgan fingerprint density at radius 1 is 1.64 bits per heavy atom. The molecule has 76 valence electrons. The molecule has 0 bridgehead atoms. The smallest absolute Gasteiger partial charge is 0.117 e. The third kappa shape index (κ3) is 2.56. The number of nitrogens with zero attached hydrogens (tertiary/aromatic N) is 1. The molecule has 0 amide bonds. The van der Waals surface area contributed by atoms with Crippen LogP contribution in [0.2, 0.25) is 0 Å². The van der Waals surface area contributed by atoms with Crippen LogP contribution in [0.25, 0.3) is 0 Å². The normalized spacial score (nSPS) is 16.1. The first kappa shape index (κ1) is 9.68.